The lowest BCUT2D eigenvalue weighted by atomic mass is 10.1. The fraction of sp³-hybridized carbons (Fsp3) is 0.391. The van der Waals surface area contributed by atoms with E-state index in [1.54, 1.807) is 0 Å². The van der Waals surface area contributed by atoms with Crippen molar-refractivity contribution in [3.8, 4) is 11.5 Å². The van der Waals surface area contributed by atoms with Crippen LogP contribution in [0.25, 0.3) is 0 Å². The highest BCUT2D eigenvalue weighted by molar-refractivity contribution is 6.34. The molecule has 1 atom stereocenters. The number of alkyl halides is 3. The van der Waals surface area contributed by atoms with Gasteiger partial charge in [-0.15, -0.1) is 13.2 Å². The fourth-order valence-electron chi connectivity index (χ4n) is 3.74. The topological polar surface area (TPSA) is 67.9 Å². The van der Waals surface area contributed by atoms with Crippen LogP contribution in [0.1, 0.15) is 38.7 Å². The monoisotopic (exact) mass is 518 g/mol. The zero-order valence-electron chi connectivity index (χ0n) is 18.6. The molecule has 6 nitrogen and oxygen atoms in total. The van der Waals surface area contributed by atoms with Gasteiger partial charge in [0.05, 0.1) is 22.9 Å². The van der Waals surface area contributed by atoms with Crippen LogP contribution in [0.5, 0.6) is 11.5 Å². The molecule has 1 aliphatic carbocycles. The van der Waals surface area contributed by atoms with E-state index in [0.29, 0.717) is 0 Å². The van der Waals surface area contributed by atoms with Crippen LogP contribution in [0.3, 0.4) is 0 Å². The van der Waals surface area contributed by atoms with Crippen molar-refractivity contribution < 1.29 is 41.0 Å². The van der Waals surface area contributed by atoms with Crippen LogP contribution in [0, 0.1) is 17.0 Å². The van der Waals surface area contributed by atoms with Gasteiger partial charge in [-0.1, -0.05) is 24.6 Å². The van der Waals surface area contributed by atoms with E-state index in [0.717, 1.165) is 35.9 Å². The minimum absolute atomic E-state index is 0.0706. The lowest BCUT2D eigenvalue weighted by molar-refractivity contribution is -0.275. The number of rotatable bonds is 6. The van der Waals surface area contributed by atoms with Gasteiger partial charge in [-0.05, 0) is 48.9 Å². The maximum absolute atomic E-state index is 15.4. The summed E-state index contributed by atoms with van der Waals surface area (Å²) in [5, 5.41) is 2.27. The lowest BCUT2D eigenvalue weighted by Crippen LogP contribution is -2.44. The molecule has 1 saturated carbocycles. The van der Waals surface area contributed by atoms with Gasteiger partial charge in [0.25, 0.3) is 5.91 Å². The standard InChI is InChI=1S/C23H20ClF5N2O4/c1-11-21(33)31(10-12-3-4-16(14(25)7-12)35-23(27,28)29)15-8-13(24)19(18(26)20(15)34-11)30-17(32)9-22(2)5-6-22/h3-4,7-8,11H,5-6,9-10H2,1-2H3,(H,30,32). The Morgan fingerprint density at radius 1 is 1.29 bits per heavy atom. The molecule has 0 saturated heterocycles. The number of anilines is 2. The molecule has 1 unspecified atom stereocenters. The summed E-state index contributed by atoms with van der Waals surface area (Å²) in [5.41, 5.74) is -0.373. The number of hydrogen-bond donors (Lipinski definition) is 1. The number of hydrogen-bond acceptors (Lipinski definition) is 4. The summed E-state index contributed by atoms with van der Waals surface area (Å²) in [6, 6.07) is 3.93. The van der Waals surface area contributed by atoms with Gasteiger partial charge >= 0.3 is 6.36 Å². The predicted octanol–water partition coefficient (Wildman–Crippen LogP) is 5.96. The summed E-state index contributed by atoms with van der Waals surface area (Å²) in [6.45, 7) is 3.00. The number of halogens is 6. The normalized spacial score (nSPS) is 18.6. The first-order chi connectivity index (χ1) is 16.3. The molecule has 1 heterocycles. The number of nitrogens with one attached hydrogen (secondary N) is 1. The second kappa shape index (κ2) is 8.85. The Morgan fingerprint density at radius 2 is 1.97 bits per heavy atom. The second-order valence-corrected chi connectivity index (χ2v) is 9.34. The van der Waals surface area contributed by atoms with Crippen molar-refractivity contribution in [1.82, 2.24) is 0 Å². The van der Waals surface area contributed by atoms with Crippen LogP contribution in [0.4, 0.5) is 33.3 Å². The quantitative estimate of drug-likeness (QED) is 0.479. The molecule has 1 fully saturated rings. The number of nitrogens with zero attached hydrogens (tertiary/aromatic N) is 1. The smallest absolute Gasteiger partial charge is 0.476 e. The number of carbonyl (C=O) groups excluding carboxylic acids is 2. The van der Waals surface area contributed by atoms with Crippen LogP contribution in [0.15, 0.2) is 24.3 Å². The zero-order chi connectivity index (χ0) is 25.7. The first kappa shape index (κ1) is 25.0. The van der Waals surface area contributed by atoms with Crippen molar-refractivity contribution in [2.45, 2.75) is 52.1 Å². The van der Waals surface area contributed by atoms with Crippen LogP contribution >= 0.6 is 11.6 Å². The third-order valence-corrected chi connectivity index (χ3v) is 6.17. The SMILES string of the molecule is CC1Oc2c(cc(Cl)c(NC(=O)CC3(C)CC3)c2F)N(Cc2ccc(OC(F)(F)F)c(F)c2)C1=O. The average Bonchev–Trinajstić information content (AvgIpc) is 3.47. The molecule has 2 aromatic rings. The molecule has 0 aromatic heterocycles. The van der Waals surface area contributed by atoms with Crippen LogP contribution in [0.2, 0.25) is 5.02 Å². The maximum Gasteiger partial charge on any atom is 0.573 e. The van der Waals surface area contributed by atoms with Gasteiger partial charge in [-0.3, -0.25) is 9.59 Å². The zero-order valence-corrected chi connectivity index (χ0v) is 19.3. The van der Waals surface area contributed by atoms with E-state index in [2.05, 4.69) is 10.1 Å². The van der Waals surface area contributed by atoms with Crippen LogP contribution in [-0.4, -0.2) is 24.3 Å². The second-order valence-electron chi connectivity index (χ2n) is 8.93. The number of carbonyl (C=O) groups is 2. The predicted molar refractivity (Wildman–Crippen MR) is 116 cm³/mol. The lowest BCUT2D eigenvalue weighted by Gasteiger charge is -2.34. The van der Waals surface area contributed by atoms with Gasteiger partial charge in [-0.25, -0.2) is 8.78 Å². The van der Waals surface area contributed by atoms with Crippen molar-refractivity contribution in [2.24, 2.45) is 5.41 Å². The number of benzene rings is 2. The van der Waals surface area contributed by atoms with Crippen LogP contribution in [-0.2, 0) is 16.1 Å². The minimum atomic E-state index is -5.07. The van der Waals surface area contributed by atoms with E-state index < -0.39 is 41.7 Å². The van der Waals surface area contributed by atoms with Gasteiger partial charge in [0.2, 0.25) is 5.91 Å². The van der Waals surface area contributed by atoms with E-state index in [1.807, 2.05) is 6.92 Å². The molecule has 12 heteroatoms. The van der Waals surface area contributed by atoms with Crippen molar-refractivity contribution >= 4 is 34.8 Å². The molecule has 4 rings (SSSR count). The Bertz CT molecular complexity index is 1200. The molecule has 1 N–H and O–H groups in total. The molecule has 0 bridgehead atoms. The molecular weight excluding hydrogens is 499 g/mol. The highest BCUT2D eigenvalue weighted by Crippen LogP contribution is 2.49. The van der Waals surface area contributed by atoms with Crippen molar-refractivity contribution in [3.05, 3.63) is 46.5 Å². The number of amides is 2. The summed E-state index contributed by atoms with van der Waals surface area (Å²) in [6.07, 6.45) is -4.23. The molecule has 35 heavy (non-hydrogen) atoms. The minimum Gasteiger partial charge on any atom is -0.476 e. The van der Waals surface area contributed by atoms with E-state index in [4.69, 9.17) is 16.3 Å². The van der Waals surface area contributed by atoms with E-state index in [9.17, 15) is 27.2 Å². The highest BCUT2D eigenvalue weighted by Gasteiger charge is 2.40. The molecule has 0 radical (unpaired) electrons. The van der Waals surface area contributed by atoms with Crippen molar-refractivity contribution in [3.63, 3.8) is 0 Å². The summed E-state index contributed by atoms with van der Waals surface area (Å²) in [4.78, 5) is 26.2. The third kappa shape index (κ3) is 5.44. The first-order valence-corrected chi connectivity index (χ1v) is 11.0. The van der Waals surface area contributed by atoms with E-state index in [1.165, 1.54) is 13.0 Å². The van der Waals surface area contributed by atoms with Gasteiger partial charge in [-0.2, -0.15) is 0 Å². The summed E-state index contributed by atoms with van der Waals surface area (Å²) in [5.74, 6) is -4.67. The van der Waals surface area contributed by atoms with Gasteiger partial charge < -0.3 is 19.7 Å². The summed E-state index contributed by atoms with van der Waals surface area (Å²) in [7, 11) is 0. The number of ether oxygens (including phenoxy) is 2. The largest absolute Gasteiger partial charge is 0.573 e. The van der Waals surface area contributed by atoms with Gasteiger partial charge in [0.1, 0.15) is 0 Å². The Hall–Kier alpha value is -3.08. The van der Waals surface area contributed by atoms with Gasteiger partial charge in [0, 0.05) is 6.42 Å². The molecule has 188 valence electrons. The Balaban J connectivity index is 1.62. The average molecular weight is 519 g/mol. The van der Waals surface area contributed by atoms with Crippen molar-refractivity contribution in [1.29, 1.82) is 0 Å². The molecule has 2 aliphatic rings. The Labute approximate surface area is 201 Å². The van der Waals surface area contributed by atoms with E-state index in [-0.39, 0.29) is 46.1 Å². The third-order valence-electron chi connectivity index (χ3n) is 5.87. The Morgan fingerprint density at radius 3 is 2.57 bits per heavy atom. The van der Waals surface area contributed by atoms with Gasteiger partial charge in [0.15, 0.2) is 29.2 Å². The number of fused-ring (bicyclic) bond motifs is 1. The summed E-state index contributed by atoms with van der Waals surface area (Å²) < 4.78 is 75.7. The molecular formula is C23H20ClF5N2O4. The summed E-state index contributed by atoms with van der Waals surface area (Å²) >= 11 is 6.23. The Kier molecular flexibility index (Phi) is 6.33. The first-order valence-electron chi connectivity index (χ1n) is 10.6. The maximum atomic E-state index is 15.4. The highest BCUT2D eigenvalue weighted by atomic mass is 35.5. The molecule has 0 spiro atoms. The molecule has 2 aromatic carbocycles. The molecule has 2 amide bonds. The van der Waals surface area contributed by atoms with Crippen molar-refractivity contribution in [2.75, 3.05) is 10.2 Å². The van der Waals surface area contributed by atoms with Crippen LogP contribution < -0.4 is 19.7 Å². The van der Waals surface area contributed by atoms with E-state index >= 15 is 4.39 Å². The molecule has 1 aliphatic heterocycles. The fourth-order valence-corrected chi connectivity index (χ4v) is 3.97.